The zero-order chi connectivity index (χ0) is 9.10. The van der Waals surface area contributed by atoms with Crippen molar-refractivity contribution in [1.29, 1.82) is 0 Å². The van der Waals surface area contributed by atoms with Crippen molar-refractivity contribution in [1.82, 2.24) is 5.32 Å². The Hall–Kier alpha value is -1.31. The minimum absolute atomic E-state index is 0.932. The van der Waals surface area contributed by atoms with Gasteiger partial charge < -0.3 is 5.32 Å². The zero-order valence-corrected chi connectivity index (χ0v) is 7.88. The van der Waals surface area contributed by atoms with Crippen molar-refractivity contribution in [2.24, 2.45) is 4.99 Å². The van der Waals surface area contributed by atoms with Crippen LogP contribution in [0.5, 0.6) is 0 Å². The lowest BCUT2D eigenvalue weighted by Gasteiger charge is -2.02. The monoisotopic (exact) mass is 174 g/mol. The number of nitrogens with zero attached hydrogens (tertiary/aromatic N) is 1. The maximum atomic E-state index is 4.37. The van der Waals surface area contributed by atoms with Crippen LogP contribution in [0, 0.1) is 6.92 Å². The molecule has 68 valence electrons. The van der Waals surface area contributed by atoms with Crippen molar-refractivity contribution >= 4 is 5.84 Å². The van der Waals surface area contributed by atoms with Crippen molar-refractivity contribution in [2.75, 3.05) is 13.1 Å². The van der Waals surface area contributed by atoms with Gasteiger partial charge >= 0.3 is 0 Å². The molecule has 1 aliphatic rings. The summed E-state index contributed by atoms with van der Waals surface area (Å²) in [4.78, 5) is 4.37. The summed E-state index contributed by atoms with van der Waals surface area (Å²) in [5.41, 5.74) is 2.66. The van der Waals surface area contributed by atoms with E-state index >= 15 is 0 Å². The van der Waals surface area contributed by atoms with Crippen LogP contribution in [-0.2, 0) is 6.42 Å². The van der Waals surface area contributed by atoms with Crippen LogP contribution in [0.1, 0.15) is 11.1 Å². The van der Waals surface area contributed by atoms with Gasteiger partial charge in [0.05, 0.1) is 6.54 Å². The van der Waals surface area contributed by atoms with Gasteiger partial charge in [0.2, 0.25) is 0 Å². The van der Waals surface area contributed by atoms with E-state index in [1.165, 1.54) is 11.1 Å². The van der Waals surface area contributed by atoms with E-state index in [-0.39, 0.29) is 0 Å². The highest BCUT2D eigenvalue weighted by Crippen LogP contribution is 2.05. The Labute approximate surface area is 78.7 Å². The molecule has 0 saturated carbocycles. The largest absolute Gasteiger partial charge is 0.372 e. The predicted octanol–water partition coefficient (Wildman–Crippen LogP) is 1.54. The summed E-state index contributed by atoms with van der Waals surface area (Å²) in [5, 5.41) is 3.27. The Morgan fingerprint density at radius 1 is 1.46 bits per heavy atom. The molecule has 13 heavy (non-hydrogen) atoms. The van der Waals surface area contributed by atoms with E-state index in [1.807, 2.05) is 0 Å². The number of rotatable bonds is 2. The molecule has 0 aromatic heterocycles. The first-order valence-corrected chi connectivity index (χ1v) is 4.67. The molecule has 0 atom stereocenters. The highest BCUT2D eigenvalue weighted by molar-refractivity contribution is 5.85. The molecule has 1 heterocycles. The molecule has 0 bridgehead atoms. The van der Waals surface area contributed by atoms with E-state index in [9.17, 15) is 0 Å². The molecule has 1 aromatic rings. The molecule has 0 amide bonds. The van der Waals surface area contributed by atoms with Crippen LogP contribution in [0.3, 0.4) is 0 Å². The van der Waals surface area contributed by atoms with E-state index in [0.717, 1.165) is 25.3 Å². The summed E-state index contributed by atoms with van der Waals surface area (Å²) in [6.45, 7) is 4.05. The highest BCUT2D eigenvalue weighted by atomic mass is 15.1. The minimum atomic E-state index is 0.932. The molecule has 0 unspecified atom stereocenters. The smallest absolute Gasteiger partial charge is 0.101 e. The first-order chi connectivity index (χ1) is 6.34. The summed E-state index contributed by atoms with van der Waals surface area (Å²) in [6, 6.07) is 8.58. The van der Waals surface area contributed by atoms with Gasteiger partial charge in [-0.25, -0.2) is 0 Å². The summed E-state index contributed by atoms with van der Waals surface area (Å²) in [7, 11) is 0. The molecule has 1 aliphatic heterocycles. The number of benzene rings is 1. The Balaban J connectivity index is 2.09. The van der Waals surface area contributed by atoms with Crippen molar-refractivity contribution in [3.8, 4) is 0 Å². The molecule has 2 heteroatoms. The van der Waals surface area contributed by atoms with Crippen LogP contribution in [0.2, 0.25) is 0 Å². The topological polar surface area (TPSA) is 24.4 Å². The molecule has 0 radical (unpaired) electrons. The van der Waals surface area contributed by atoms with E-state index in [2.05, 4.69) is 41.5 Å². The van der Waals surface area contributed by atoms with Crippen molar-refractivity contribution in [3.63, 3.8) is 0 Å². The number of aliphatic imine (C=N–C) groups is 1. The number of hydrogen-bond acceptors (Lipinski definition) is 2. The first kappa shape index (κ1) is 8.30. The second-order valence-electron chi connectivity index (χ2n) is 3.42. The van der Waals surface area contributed by atoms with E-state index < -0.39 is 0 Å². The summed E-state index contributed by atoms with van der Waals surface area (Å²) >= 11 is 0. The minimum Gasteiger partial charge on any atom is -0.372 e. The van der Waals surface area contributed by atoms with Crippen molar-refractivity contribution in [3.05, 3.63) is 35.4 Å². The third-order valence-corrected chi connectivity index (χ3v) is 2.20. The number of nitrogens with one attached hydrogen (secondary N) is 1. The lowest BCUT2D eigenvalue weighted by Crippen LogP contribution is -2.20. The average Bonchev–Trinajstić information content (AvgIpc) is 2.57. The van der Waals surface area contributed by atoms with E-state index in [4.69, 9.17) is 0 Å². The van der Waals surface area contributed by atoms with Gasteiger partial charge in [-0.05, 0) is 12.5 Å². The second-order valence-corrected chi connectivity index (χ2v) is 3.42. The Bertz CT molecular complexity index is 329. The molecular formula is C11H14N2. The molecule has 2 nitrogen and oxygen atoms in total. The Kier molecular flexibility index (Phi) is 2.30. The fourth-order valence-corrected chi connectivity index (χ4v) is 1.58. The molecule has 2 rings (SSSR count). The molecule has 1 N–H and O–H groups in total. The van der Waals surface area contributed by atoms with Gasteiger partial charge in [-0.1, -0.05) is 29.8 Å². The zero-order valence-electron chi connectivity index (χ0n) is 7.88. The molecular weight excluding hydrogens is 160 g/mol. The SMILES string of the molecule is Cc1cccc(CC2=NCCN2)c1. The molecule has 0 spiro atoms. The number of amidine groups is 1. The Morgan fingerprint density at radius 2 is 2.38 bits per heavy atom. The highest BCUT2D eigenvalue weighted by Gasteiger charge is 2.05. The lowest BCUT2D eigenvalue weighted by molar-refractivity contribution is 0.953. The molecule has 0 aliphatic carbocycles. The summed E-state index contributed by atoms with van der Waals surface area (Å²) in [6.07, 6.45) is 0.946. The lowest BCUT2D eigenvalue weighted by atomic mass is 10.1. The van der Waals surface area contributed by atoms with Crippen LogP contribution in [0.25, 0.3) is 0 Å². The normalized spacial score (nSPS) is 15.3. The van der Waals surface area contributed by atoms with Crippen LogP contribution >= 0.6 is 0 Å². The summed E-state index contributed by atoms with van der Waals surface area (Å²) in [5.74, 6) is 1.13. The summed E-state index contributed by atoms with van der Waals surface area (Å²) < 4.78 is 0. The van der Waals surface area contributed by atoms with Crippen LogP contribution in [0.15, 0.2) is 29.3 Å². The molecule has 0 fully saturated rings. The van der Waals surface area contributed by atoms with Gasteiger partial charge in [-0.15, -0.1) is 0 Å². The predicted molar refractivity (Wildman–Crippen MR) is 55.2 cm³/mol. The van der Waals surface area contributed by atoms with Gasteiger partial charge in [0.1, 0.15) is 5.84 Å². The molecule has 1 aromatic carbocycles. The van der Waals surface area contributed by atoms with Crippen molar-refractivity contribution in [2.45, 2.75) is 13.3 Å². The van der Waals surface area contributed by atoms with Gasteiger partial charge in [0.15, 0.2) is 0 Å². The maximum Gasteiger partial charge on any atom is 0.101 e. The molecule has 0 saturated heterocycles. The van der Waals surface area contributed by atoms with Gasteiger partial charge in [0.25, 0.3) is 0 Å². The van der Waals surface area contributed by atoms with Gasteiger partial charge in [-0.2, -0.15) is 0 Å². The second kappa shape index (κ2) is 3.60. The average molecular weight is 174 g/mol. The van der Waals surface area contributed by atoms with Gasteiger partial charge in [-0.3, -0.25) is 4.99 Å². The fourth-order valence-electron chi connectivity index (χ4n) is 1.58. The third-order valence-electron chi connectivity index (χ3n) is 2.20. The van der Waals surface area contributed by atoms with Crippen LogP contribution in [-0.4, -0.2) is 18.9 Å². The van der Waals surface area contributed by atoms with Gasteiger partial charge in [0, 0.05) is 13.0 Å². The first-order valence-electron chi connectivity index (χ1n) is 4.67. The fraction of sp³-hybridized carbons (Fsp3) is 0.364. The Morgan fingerprint density at radius 3 is 3.08 bits per heavy atom. The van der Waals surface area contributed by atoms with E-state index in [1.54, 1.807) is 0 Å². The van der Waals surface area contributed by atoms with Crippen LogP contribution in [0.4, 0.5) is 0 Å². The van der Waals surface area contributed by atoms with Crippen molar-refractivity contribution < 1.29 is 0 Å². The third kappa shape index (κ3) is 2.08. The number of aryl methyl sites for hydroxylation is 1. The standard InChI is InChI=1S/C11H14N2/c1-9-3-2-4-10(7-9)8-11-12-5-6-13-11/h2-4,7H,5-6,8H2,1H3,(H,12,13). The quantitative estimate of drug-likeness (QED) is 0.722. The van der Waals surface area contributed by atoms with E-state index in [0.29, 0.717) is 0 Å². The number of hydrogen-bond donors (Lipinski definition) is 1. The van der Waals surface area contributed by atoms with Crippen LogP contribution < -0.4 is 5.32 Å². The maximum absolute atomic E-state index is 4.37.